The highest BCUT2D eigenvalue weighted by atomic mass is 16.5. The fourth-order valence-electron chi connectivity index (χ4n) is 2.80. The molecule has 0 saturated heterocycles. The third-order valence-electron chi connectivity index (χ3n) is 4.17. The highest BCUT2D eigenvalue weighted by Gasteiger charge is 2.16. The molecule has 0 bridgehead atoms. The summed E-state index contributed by atoms with van der Waals surface area (Å²) in [4.78, 5) is 8.10. The molecular formula is C21H21N5O. The molecule has 136 valence electrons. The van der Waals surface area contributed by atoms with E-state index in [1.807, 2.05) is 49.5 Å². The van der Waals surface area contributed by atoms with Crippen molar-refractivity contribution in [2.75, 3.05) is 19.3 Å². The number of rotatable bonds is 7. The van der Waals surface area contributed by atoms with Crippen molar-refractivity contribution in [3.63, 3.8) is 0 Å². The summed E-state index contributed by atoms with van der Waals surface area (Å²) in [5.41, 5.74) is 8.64. The van der Waals surface area contributed by atoms with E-state index in [0.29, 0.717) is 17.0 Å². The normalized spacial score (nSPS) is 11.6. The number of benzene rings is 2. The summed E-state index contributed by atoms with van der Waals surface area (Å²) in [7, 11) is 1.91. The van der Waals surface area contributed by atoms with Crippen molar-refractivity contribution in [3.8, 4) is 23.1 Å². The number of hydrogen-bond donors (Lipinski definition) is 2. The SMILES string of the molecule is CNCC[C@H](Oc1ccc(-c2ccnc(N)n2)cc1C#N)c1ccccc1. The molecule has 0 aliphatic carbocycles. The van der Waals surface area contributed by atoms with Gasteiger partial charge in [0.05, 0.1) is 11.3 Å². The second-order valence-electron chi connectivity index (χ2n) is 6.03. The van der Waals surface area contributed by atoms with E-state index in [0.717, 1.165) is 24.1 Å². The molecule has 6 nitrogen and oxygen atoms in total. The van der Waals surface area contributed by atoms with Crippen LogP contribution in [0.15, 0.2) is 60.8 Å². The fourth-order valence-corrected chi connectivity index (χ4v) is 2.80. The fraction of sp³-hybridized carbons (Fsp3) is 0.190. The van der Waals surface area contributed by atoms with Gasteiger partial charge in [0.25, 0.3) is 0 Å². The molecule has 0 saturated carbocycles. The number of anilines is 1. The van der Waals surface area contributed by atoms with Gasteiger partial charge in [-0.1, -0.05) is 30.3 Å². The van der Waals surface area contributed by atoms with Crippen LogP contribution >= 0.6 is 0 Å². The molecule has 0 aliphatic rings. The minimum Gasteiger partial charge on any atom is -0.484 e. The number of nitrogens with two attached hydrogens (primary N) is 1. The summed E-state index contributed by atoms with van der Waals surface area (Å²) >= 11 is 0. The molecule has 3 aromatic rings. The van der Waals surface area contributed by atoms with Gasteiger partial charge >= 0.3 is 0 Å². The Balaban J connectivity index is 1.90. The van der Waals surface area contributed by atoms with Gasteiger partial charge in [-0.3, -0.25) is 0 Å². The number of nitriles is 1. The van der Waals surface area contributed by atoms with Crippen LogP contribution in [0, 0.1) is 11.3 Å². The Morgan fingerprint density at radius 3 is 2.70 bits per heavy atom. The van der Waals surface area contributed by atoms with E-state index in [-0.39, 0.29) is 12.1 Å². The first kappa shape index (κ1) is 18.4. The van der Waals surface area contributed by atoms with Gasteiger partial charge in [-0.2, -0.15) is 5.26 Å². The Bertz CT molecular complexity index is 937. The van der Waals surface area contributed by atoms with Crippen molar-refractivity contribution in [2.45, 2.75) is 12.5 Å². The molecule has 0 fully saturated rings. The number of ether oxygens (including phenoxy) is 1. The molecule has 0 radical (unpaired) electrons. The van der Waals surface area contributed by atoms with Crippen LogP contribution in [0.3, 0.4) is 0 Å². The van der Waals surface area contributed by atoms with Crippen LogP contribution in [0.25, 0.3) is 11.3 Å². The Labute approximate surface area is 158 Å². The van der Waals surface area contributed by atoms with Crippen LogP contribution in [0.4, 0.5) is 5.95 Å². The molecule has 6 heteroatoms. The predicted molar refractivity (Wildman–Crippen MR) is 105 cm³/mol. The minimum atomic E-state index is -0.147. The smallest absolute Gasteiger partial charge is 0.220 e. The molecule has 0 amide bonds. The highest BCUT2D eigenvalue weighted by molar-refractivity contribution is 5.64. The number of nitrogens with one attached hydrogen (secondary N) is 1. The highest BCUT2D eigenvalue weighted by Crippen LogP contribution is 2.30. The maximum atomic E-state index is 9.60. The molecule has 2 aromatic carbocycles. The molecular weight excluding hydrogens is 338 g/mol. The summed E-state index contributed by atoms with van der Waals surface area (Å²) in [5, 5.41) is 12.8. The molecule has 0 aliphatic heterocycles. The standard InChI is InChI=1S/C21H21N5O/c1-24-11-10-20(15-5-3-2-4-6-15)27-19-8-7-16(13-17(19)14-22)18-9-12-25-21(23)26-18/h2-9,12-13,20,24H,10-11H2,1H3,(H2,23,25,26)/t20-/m0/s1. The zero-order valence-electron chi connectivity index (χ0n) is 15.1. The summed E-state index contributed by atoms with van der Waals surface area (Å²) in [5.74, 6) is 0.746. The van der Waals surface area contributed by atoms with Gasteiger partial charge in [-0.25, -0.2) is 9.97 Å². The number of nitrogen functional groups attached to an aromatic ring is 1. The Morgan fingerprint density at radius 2 is 2.00 bits per heavy atom. The molecule has 0 unspecified atom stereocenters. The second-order valence-corrected chi connectivity index (χ2v) is 6.03. The average molecular weight is 359 g/mol. The molecule has 3 rings (SSSR count). The summed E-state index contributed by atoms with van der Waals surface area (Å²) < 4.78 is 6.22. The largest absolute Gasteiger partial charge is 0.484 e. The van der Waals surface area contributed by atoms with Crippen molar-refractivity contribution in [3.05, 3.63) is 71.9 Å². The Morgan fingerprint density at radius 1 is 1.19 bits per heavy atom. The van der Waals surface area contributed by atoms with Gasteiger partial charge in [-0.05, 0) is 43.4 Å². The maximum Gasteiger partial charge on any atom is 0.220 e. The van der Waals surface area contributed by atoms with Gasteiger partial charge in [0.15, 0.2) is 0 Å². The lowest BCUT2D eigenvalue weighted by atomic mass is 10.0. The molecule has 1 atom stereocenters. The van der Waals surface area contributed by atoms with E-state index in [2.05, 4.69) is 21.4 Å². The minimum absolute atomic E-state index is 0.147. The third-order valence-corrected chi connectivity index (χ3v) is 4.17. The van der Waals surface area contributed by atoms with E-state index in [4.69, 9.17) is 10.5 Å². The molecule has 3 N–H and O–H groups in total. The van der Waals surface area contributed by atoms with Crippen LogP contribution in [0.5, 0.6) is 5.75 Å². The van der Waals surface area contributed by atoms with Crippen molar-refractivity contribution < 1.29 is 4.74 Å². The van der Waals surface area contributed by atoms with Crippen molar-refractivity contribution in [1.29, 1.82) is 5.26 Å². The Hall–Kier alpha value is -3.43. The van der Waals surface area contributed by atoms with E-state index in [1.54, 1.807) is 18.3 Å². The lowest BCUT2D eigenvalue weighted by Crippen LogP contribution is -2.16. The van der Waals surface area contributed by atoms with Gasteiger partial charge < -0.3 is 15.8 Å². The predicted octanol–water partition coefficient (Wildman–Crippen LogP) is 3.33. The van der Waals surface area contributed by atoms with Crippen LogP contribution in [0.1, 0.15) is 23.7 Å². The monoisotopic (exact) mass is 359 g/mol. The lowest BCUT2D eigenvalue weighted by molar-refractivity contribution is 0.194. The van der Waals surface area contributed by atoms with Gasteiger partial charge in [0.1, 0.15) is 17.9 Å². The average Bonchev–Trinajstić information content (AvgIpc) is 2.71. The maximum absolute atomic E-state index is 9.60. The van der Waals surface area contributed by atoms with Gasteiger partial charge in [0.2, 0.25) is 5.95 Å². The van der Waals surface area contributed by atoms with Crippen molar-refractivity contribution in [2.24, 2.45) is 0 Å². The van der Waals surface area contributed by atoms with E-state index in [1.165, 1.54) is 0 Å². The molecule has 27 heavy (non-hydrogen) atoms. The lowest BCUT2D eigenvalue weighted by Gasteiger charge is -2.20. The number of aromatic nitrogens is 2. The summed E-state index contributed by atoms with van der Waals surface area (Å²) in [6.45, 7) is 0.805. The molecule has 1 aromatic heterocycles. The molecule has 1 heterocycles. The summed E-state index contributed by atoms with van der Waals surface area (Å²) in [6.07, 6.45) is 2.23. The second kappa shape index (κ2) is 8.79. The third kappa shape index (κ3) is 4.60. The van der Waals surface area contributed by atoms with Crippen molar-refractivity contribution in [1.82, 2.24) is 15.3 Å². The van der Waals surface area contributed by atoms with Crippen LogP contribution in [-0.2, 0) is 0 Å². The van der Waals surface area contributed by atoms with E-state index < -0.39 is 0 Å². The topological polar surface area (TPSA) is 96.8 Å². The van der Waals surface area contributed by atoms with Crippen LogP contribution in [0.2, 0.25) is 0 Å². The van der Waals surface area contributed by atoms with Crippen LogP contribution < -0.4 is 15.8 Å². The zero-order chi connectivity index (χ0) is 19.1. The van der Waals surface area contributed by atoms with Crippen LogP contribution in [-0.4, -0.2) is 23.6 Å². The zero-order valence-corrected chi connectivity index (χ0v) is 15.1. The quantitative estimate of drug-likeness (QED) is 0.672. The Kier molecular flexibility index (Phi) is 5.98. The molecule has 0 spiro atoms. The first-order chi connectivity index (χ1) is 13.2. The number of hydrogen-bond acceptors (Lipinski definition) is 6. The first-order valence-corrected chi connectivity index (χ1v) is 8.70. The van der Waals surface area contributed by atoms with E-state index >= 15 is 0 Å². The first-order valence-electron chi connectivity index (χ1n) is 8.70. The van der Waals surface area contributed by atoms with Gasteiger partial charge in [-0.15, -0.1) is 0 Å². The van der Waals surface area contributed by atoms with E-state index in [9.17, 15) is 5.26 Å². The number of nitrogens with zero attached hydrogens (tertiary/aromatic N) is 3. The van der Waals surface area contributed by atoms with Gasteiger partial charge in [0, 0.05) is 18.2 Å². The summed E-state index contributed by atoms with van der Waals surface area (Å²) in [6, 6.07) is 19.4. The van der Waals surface area contributed by atoms with Crippen molar-refractivity contribution >= 4 is 5.95 Å².